The maximum atomic E-state index is 4.56. The molecular weight excluding hydrogens is 226 g/mol. The van der Waals surface area contributed by atoms with Crippen molar-refractivity contribution in [3.05, 3.63) is 6.20 Å². The van der Waals surface area contributed by atoms with Gasteiger partial charge in [-0.2, -0.15) is 10.1 Å². The Labute approximate surface area is 110 Å². The summed E-state index contributed by atoms with van der Waals surface area (Å²) < 4.78 is 0. The molecule has 1 heterocycles. The standard InChI is InChI=1S/C13H25N5/c1-5-7-9-17(3)12-11-14-16-13(15-12)18(4)10-8-6-2/h11H,5-10H2,1-4H3. The second-order valence-electron chi connectivity index (χ2n) is 4.66. The SMILES string of the molecule is CCCCN(C)c1cnnc(N(C)CCCC)n1. The molecule has 0 amide bonds. The summed E-state index contributed by atoms with van der Waals surface area (Å²) in [6.07, 6.45) is 6.41. The van der Waals surface area contributed by atoms with E-state index in [2.05, 4.69) is 45.9 Å². The zero-order valence-electron chi connectivity index (χ0n) is 12.1. The number of unbranched alkanes of at least 4 members (excludes halogenated alkanes) is 2. The number of rotatable bonds is 8. The molecule has 0 aliphatic rings. The summed E-state index contributed by atoms with van der Waals surface area (Å²) in [7, 11) is 4.07. The molecule has 0 aliphatic carbocycles. The lowest BCUT2D eigenvalue weighted by Crippen LogP contribution is -2.24. The number of hydrogen-bond acceptors (Lipinski definition) is 5. The van der Waals surface area contributed by atoms with Crippen LogP contribution in [0, 0.1) is 0 Å². The summed E-state index contributed by atoms with van der Waals surface area (Å²) >= 11 is 0. The quantitative estimate of drug-likeness (QED) is 0.709. The van der Waals surface area contributed by atoms with Gasteiger partial charge in [-0.05, 0) is 12.8 Å². The Morgan fingerprint density at radius 3 is 2.22 bits per heavy atom. The highest BCUT2D eigenvalue weighted by atomic mass is 15.3. The molecule has 1 rings (SSSR count). The third-order valence-electron chi connectivity index (χ3n) is 2.96. The average molecular weight is 251 g/mol. The van der Waals surface area contributed by atoms with Crippen molar-refractivity contribution in [2.24, 2.45) is 0 Å². The molecule has 0 fully saturated rings. The highest BCUT2D eigenvalue weighted by molar-refractivity contribution is 5.40. The van der Waals surface area contributed by atoms with Crippen molar-refractivity contribution in [3.8, 4) is 0 Å². The molecule has 0 unspecified atom stereocenters. The first-order valence-corrected chi connectivity index (χ1v) is 6.81. The molecule has 0 N–H and O–H groups in total. The van der Waals surface area contributed by atoms with E-state index < -0.39 is 0 Å². The normalized spacial score (nSPS) is 10.4. The first-order valence-electron chi connectivity index (χ1n) is 6.81. The predicted molar refractivity (Wildman–Crippen MR) is 76.2 cm³/mol. The second kappa shape index (κ2) is 7.84. The van der Waals surface area contributed by atoms with Crippen LogP contribution in [0.1, 0.15) is 39.5 Å². The molecule has 0 aliphatic heterocycles. The van der Waals surface area contributed by atoms with Gasteiger partial charge in [-0.25, -0.2) is 0 Å². The molecule has 102 valence electrons. The van der Waals surface area contributed by atoms with Crippen LogP contribution in [0.15, 0.2) is 6.20 Å². The van der Waals surface area contributed by atoms with Crippen LogP contribution < -0.4 is 9.80 Å². The highest BCUT2D eigenvalue weighted by Crippen LogP contribution is 2.12. The summed E-state index contributed by atoms with van der Waals surface area (Å²) in [4.78, 5) is 8.75. The first-order chi connectivity index (χ1) is 8.69. The first kappa shape index (κ1) is 14.7. The van der Waals surface area contributed by atoms with Gasteiger partial charge in [-0.3, -0.25) is 0 Å². The van der Waals surface area contributed by atoms with Crippen LogP contribution in [0.25, 0.3) is 0 Å². The number of nitrogens with zero attached hydrogens (tertiary/aromatic N) is 5. The Morgan fingerprint density at radius 1 is 1.00 bits per heavy atom. The molecule has 0 spiro atoms. The summed E-state index contributed by atoms with van der Waals surface area (Å²) in [6.45, 7) is 6.35. The monoisotopic (exact) mass is 251 g/mol. The van der Waals surface area contributed by atoms with Crippen molar-refractivity contribution in [2.75, 3.05) is 37.0 Å². The Morgan fingerprint density at radius 2 is 1.61 bits per heavy atom. The molecule has 18 heavy (non-hydrogen) atoms. The minimum atomic E-state index is 0.712. The van der Waals surface area contributed by atoms with Crippen molar-refractivity contribution in [1.29, 1.82) is 0 Å². The molecule has 0 atom stereocenters. The molecule has 5 nitrogen and oxygen atoms in total. The van der Waals surface area contributed by atoms with E-state index in [9.17, 15) is 0 Å². The Balaban J connectivity index is 2.66. The van der Waals surface area contributed by atoms with Gasteiger partial charge >= 0.3 is 0 Å². The van der Waals surface area contributed by atoms with Gasteiger partial charge in [0.05, 0.1) is 6.20 Å². The molecule has 1 aromatic rings. The second-order valence-corrected chi connectivity index (χ2v) is 4.66. The maximum absolute atomic E-state index is 4.56. The Kier molecular flexibility index (Phi) is 6.39. The minimum Gasteiger partial charge on any atom is -0.358 e. The molecule has 0 saturated carbocycles. The van der Waals surface area contributed by atoms with E-state index in [-0.39, 0.29) is 0 Å². The van der Waals surface area contributed by atoms with Gasteiger partial charge in [0.15, 0.2) is 5.82 Å². The molecule has 1 aromatic heterocycles. The smallest absolute Gasteiger partial charge is 0.247 e. The van der Waals surface area contributed by atoms with Crippen LogP contribution in [0.4, 0.5) is 11.8 Å². The van der Waals surface area contributed by atoms with Crippen LogP contribution in [0.2, 0.25) is 0 Å². The largest absolute Gasteiger partial charge is 0.358 e. The highest BCUT2D eigenvalue weighted by Gasteiger charge is 2.08. The van der Waals surface area contributed by atoms with Gasteiger partial charge in [0.2, 0.25) is 5.95 Å². The Hall–Kier alpha value is -1.39. The fourth-order valence-electron chi connectivity index (χ4n) is 1.64. The minimum absolute atomic E-state index is 0.712. The van der Waals surface area contributed by atoms with Crippen molar-refractivity contribution in [2.45, 2.75) is 39.5 Å². The molecular formula is C13H25N5. The van der Waals surface area contributed by atoms with Gasteiger partial charge in [-0.15, -0.1) is 5.10 Å². The number of anilines is 2. The van der Waals surface area contributed by atoms with E-state index >= 15 is 0 Å². The van der Waals surface area contributed by atoms with Gasteiger partial charge in [0, 0.05) is 27.2 Å². The van der Waals surface area contributed by atoms with E-state index in [0.717, 1.165) is 25.3 Å². The zero-order valence-corrected chi connectivity index (χ0v) is 12.1. The molecule has 5 heteroatoms. The predicted octanol–water partition coefficient (Wildman–Crippen LogP) is 2.34. The average Bonchev–Trinajstić information content (AvgIpc) is 2.42. The Bertz CT molecular complexity index is 313. The van der Waals surface area contributed by atoms with Crippen LogP contribution in [0.3, 0.4) is 0 Å². The van der Waals surface area contributed by atoms with Crippen molar-refractivity contribution < 1.29 is 0 Å². The number of hydrogen-bond donors (Lipinski definition) is 0. The lowest BCUT2D eigenvalue weighted by Gasteiger charge is -2.20. The summed E-state index contributed by atoms with van der Waals surface area (Å²) in [5, 5.41) is 8.14. The maximum Gasteiger partial charge on any atom is 0.247 e. The van der Waals surface area contributed by atoms with Gasteiger partial charge in [0.1, 0.15) is 0 Å². The summed E-state index contributed by atoms with van der Waals surface area (Å²) in [6, 6.07) is 0. The topological polar surface area (TPSA) is 45.2 Å². The van der Waals surface area contributed by atoms with Gasteiger partial charge in [-0.1, -0.05) is 26.7 Å². The lowest BCUT2D eigenvalue weighted by atomic mass is 10.3. The van der Waals surface area contributed by atoms with E-state index in [4.69, 9.17) is 0 Å². The lowest BCUT2D eigenvalue weighted by molar-refractivity contribution is 0.727. The van der Waals surface area contributed by atoms with Crippen LogP contribution in [-0.4, -0.2) is 42.4 Å². The third kappa shape index (κ3) is 4.47. The van der Waals surface area contributed by atoms with Crippen molar-refractivity contribution >= 4 is 11.8 Å². The molecule has 0 radical (unpaired) electrons. The van der Waals surface area contributed by atoms with E-state index in [1.807, 2.05) is 7.05 Å². The summed E-state index contributed by atoms with van der Waals surface area (Å²) in [5.74, 6) is 1.61. The van der Waals surface area contributed by atoms with Gasteiger partial charge < -0.3 is 9.80 Å². The molecule has 0 aromatic carbocycles. The van der Waals surface area contributed by atoms with E-state index in [1.54, 1.807) is 6.20 Å². The van der Waals surface area contributed by atoms with Crippen LogP contribution >= 0.6 is 0 Å². The van der Waals surface area contributed by atoms with Crippen molar-refractivity contribution in [1.82, 2.24) is 15.2 Å². The summed E-state index contributed by atoms with van der Waals surface area (Å²) in [5.41, 5.74) is 0. The van der Waals surface area contributed by atoms with Gasteiger partial charge in [0.25, 0.3) is 0 Å². The molecule has 0 saturated heterocycles. The molecule has 0 bridgehead atoms. The fraction of sp³-hybridized carbons (Fsp3) is 0.769. The van der Waals surface area contributed by atoms with Crippen LogP contribution in [0.5, 0.6) is 0 Å². The van der Waals surface area contributed by atoms with E-state index in [1.165, 1.54) is 19.3 Å². The third-order valence-corrected chi connectivity index (χ3v) is 2.96. The van der Waals surface area contributed by atoms with E-state index in [0.29, 0.717) is 5.95 Å². The zero-order chi connectivity index (χ0) is 13.4. The van der Waals surface area contributed by atoms with Crippen LogP contribution in [-0.2, 0) is 0 Å². The fourth-order valence-corrected chi connectivity index (χ4v) is 1.64. The number of aromatic nitrogens is 3. The van der Waals surface area contributed by atoms with Crippen molar-refractivity contribution in [3.63, 3.8) is 0 Å².